The number of halogens is 1. The first-order valence-electron chi connectivity index (χ1n) is 8.68. The highest BCUT2D eigenvalue weighted by Crippen LogP contribution is 2.38. The lowest BCUT2D eigenvalue weighted by Crippen LogP contribution is -1.81. The van der Waals surface area contributed by atoms with Gasteiger partial charge in [-0.3, -0.25) is 0 Å². The Morgan fingerprint density at radius 1 is 0.778 bits per heavy atom. The predicted molar refractivity (Wildman–Crippen MR) is 110 cm³/mol. The van der Waals surface area contributed by atoms with Gasteiger partial charge in [0.05, 0.1) is 16.6 Å². The van der Waals surface area contributed by atoms with E-state index in [4.69, 9.17) is 21.0 Å². The summed E-state index contributed by atoms with van der Waals surface area (Å²) in [4.78, 5) is 8.16. The zero-order valence-corrected chi connectivity index (χ0v) is 15.1. The van der Waals surface area contributed by atoms with Crippen LogP contribution in [0.15, 0.2) is 89.3 Å². The third-order valence-electron chi connectivity index (χ3n) is 4.54. The molecule has 0 saturated heterocycles. The molecule has 0 radical (unpaired) electrons. The molecule has 5 aromatic rings. The van der Waals surface area contributed by atoms with Gasteiger partial charge in [-0.1, -0.05) is 54.1 Å². The van der Waals surface area contributed by atoms with E-state index in [1.165, 1.54) is 0 Å². The average Bonchev–Trinajstić information content (AvgIpc) is 3.33. The maximum absolute atomic E-state index is 6.27. The molecule has 4 heteroatoms. The second kappa shape index (κ2) is 6.45. The largest absolute Gasteiger partial charge is 0.455 e. The van der Waals surface area contributed by atoms with E-state index in [9.17, 15) is 0 Å². The summed E-state index contributed by atoms with van der Waals surface area (Å²) >= 11 is 6.03. The van der Waals surface area contributed by atoms with Crippen LogP contribution < -0.4 is 0 Å². The van der Waals surface area contributed by atoms with Crippen LogP contribution in [-0.2, 0) is 0 Å². The normalized spacial score (nSPS) is 11.1. The third-order valence-corrected chi connectivity index (χ3v) is 4.79. The molecule has 0 amide bonds. The van der Waals surface area contributed by atoms with Crippen molar-refractivity contribution in [1.82, 2.24) is 9.97 Å². The lowest BCUT2D eigenvalue weighted by Gasteiger charge is -2.00. The number of nitrogens with one attached hydrogen (secondary N) is 1. The molecule has 0 unspecified atom stereocenters. The standard InChI is InChI=1S/C23H15ClN2O/c24-17-12-10-15(11-13-17)21-14-18(22(27-21)16-6-2-1-3-7-16)23-25-19-8-4-5-9-20(19)26-23/h1-14H,(H,25,26). The maximum atomic E-state index is 6.27. The number of aromatic nitrogens is 2. The van der Waals surface area contributed by atoms with Gasteiger partial charge in [0, 0.05) is 16.1 Å². The molecular formula is C23H15ClN2O. The number of para-hydroxylation sites is 2. The molecule has 3 nitrogen and oxygen atoms in total. The number of imidazole rings is 1. The van der Waals surface area contributed by atoms with Crippen molar-refractivity contribution in [1.29, 1.82) is 0 Å². The van der Waals surface area contributed by atoms with Gasteiger partial charge >= 0.3 is 0 Å². The van der Waals surface area contributed by atoms with Crippen molar-refractivity contribution < 1.29 is 4.42 Å². The first kappa shape index (κ1) is 15.9. The number of aromatic amines is 1. The van der Waals surface area contributed by atoms with Crippen LogP contribution in [0.3, 0.4) is 0 Å². The van der Waals surface area contributed by atoms with Gasteiger partial charge in [-0.25, -0.2) is 4.98 Å². The van der Waals surface area contributed by atoms with E-state index in [0.29, 0.717) is 5.02 Å². The summed E-state index contributed by atoms with van der Waals surface area (Å²) in [6.45, 7) is 0. The molecule has 5 rings (SSSR count). The summed E-state index contributed by atoms with van der Waals surface area (Å²) in [5.41, 5.74) is 4.84. The lowest BCUT2D eigenvalue weighted by molar-refractivity contribution is 0.598. The number of nitrogens with zero attached hydrogens (tertiary/aromatic N) is 1. The van der Waals surface area contributed by atoms with Crippen LogP contribution in [0, 0.1) is 0 Å². The van der Waals surface area contributed by atoms with Crippen molar-refractivity contribution in [3.63, 3.8) is 0 Å². The summed E-state index contributed by atoms with van der Waals surface area (Å²) in [7, 11) is 0. The van der Waals surface area contributed by atoms with Crippen LogP contribution in [0.25, 0.3) is 45.1 Å². The van der Waals surface area contributed by atoms with Crippen molar-refractivity contribution in [2.75, 3.05) is 0 Å². The van der Waals surface area contributed by atoms with Crippen LogP contribution in [0.1, 0.15) is 0 Å². The van der Waals surface area contributed by atoms with Crippen molar-refractivity contribution >= 4 is 22.6 Å². The van der Waals surface area contributed by atoms with E-state index >= 15 is 0 Å². The van der Waals surface area contributed by atoms with E-state index < -0.39 is 0 Å². The molecule has 0 atom stereocenters. The van der Waals surface area contributed by atoms with E-state index in [1.807, 2.05) is 84.9 Å². The van der Waals surface area contributed by atoms with E-state index in [1.54, 1.807) is 0 Å². The molecule has 0 aliphatic rings. The van der Waals surface area contributed by atoms with E-state index in [0.717, 1.165) is 45.1 Å². The molecule has 1 N–H and O–H groups in total. The number of hydrogen-bond acceptors (Lipinski definition) is 2. The summed E-state index contributed by atoms with van der Waals surface area (Å²) in [5, 5.41) is 0.700. The summed E-state index contributed by atoms with van der Waals surface area (Å²) in [5.74, 6) is 2.36. The number of fused-ring (bicyclic) bond motifs is 1. The number of benzene rings is 3. The van der Waals surface area contributed by atoms with Crippen molar-refractivity contribution in [3.8, 4) is 34.0 Å². The van der Waals surface area contributed by atoms with Gasteiger partial charge in [-0.2, -0.15) is 0 Å². The van der Waals surface area contributed by atoms with Gasteiger partial charge in [-0.05, 0) is 42.5 Å². The molecule has 0 fully saturated rings. The van der Waals surface area contributed by atoms with Gasteiger partial charge in [0.1, 0.15) is 17.3 Å². The highest BCUT2D eigenvalue weighted by molar-refractivity contribution is 6.30. The molecule has 0 bridgehead atoms. The van der Waals surface area contributed by atoms with Crippen LogP contribution >= 0.6 is 11.6 Å². The second-order valence-corrected chi connectivity index (χ2v) is 6.77. The van der Waals surface area contributed by atoms with Gasteiger partial charge < -0.3 is 9.40 Å². The molecule has 0 aliphatic heterocycles. The first-order chi connectivity index (χ1) is 13.3. The maximum Gasteiger partial charge on any atom is 0.145 e. The Labute approximate surface area is 161 Å². The predicted octanol–water partition coefficient (Wildman–Crippen LogP) is 6.81. The molecule has 3 aromatic carbocycles. The van der Waals surface area contributed by atoms with Crippen molar-refractivity contribution in [2.24, 2.45) is 0 Å². The van der Waals surface area contributed by atoms with Crippen LogP contribution in [0.5, 0.6) is 0 Å². The fourth-order valence-electron chi connectivity index (χ4n) is 3.21. The fourth-order valence-corrected chi connectivity index (χ4v) is 3.33. The van der Waals surface area contributed by atoms with Crippen molar-refractivity contribution in [2.45, 2.75) is 0 Å². The Morgan fingerprint density at radius 2 is 1.52 bits per heavy atom. The lowest BCUT2D eigenvalue weighted by atomic mass is 10.1. The SMILES string of the molecule is Clc1ccc(-c2cc(-c3nc4ccccc4[nH]3)c(-c3ccccc3)o2)cc1. The summed E-state index contributed by atoms with van der Waals surface area (Å²) < 4.78 is 6.27. The van der Waals surface area contributed by atoms with E-state index in [-0.39, 0.29) is 0 Å². The van der Waals surface area contributed by atoms with Crippen LogP contribution in [0.4, 0.5) is 0 Å². The molecule has 130 valence electrons. The van der Waals surface area contributed by atoms with Gasteiger partial charge in [0.15, 0.2) is 0 Å². The Bertz CT molecular complexity index is 1190. The van der Waals surface area contributed by atoms with Crippen LogP contribution in [-0.4, -0.2) is 9.97 Å². The Kier molecular flexibility index (Phi) is 3.80. The summed E-state index contributed by atoms with van der Waals surface area (Å²) in [6, 6.07) is 27.7. The number of rotatable bonds is 3. The Balaban J connectivity index is 1.71. The average molecular weight is 371 g/mol. The quantitative estimate of drug-likeness (QED) is 0.379. The molecule has 27 heavy (non-hydrogen) atoms. The van der Waals surface area contributed by atoms with Gasteiger partial charge in [0.2, 0.25) is 0 Å². The number of furan rings is 1. The van der Waals surface area contributed by atoms with Gasteiger partial charge in [-0.15, -0.1) is 0 Å². The monoisotopic (exact) mass is 370 g/mol. The molecule has 0 aliphatic carbocycles. The molecule has 0 saturated carbocycles. The fraction of sp³-hybridized carbons (Fsp3) is 0. The van der Waals surface area contributed by atoms with E-state index in [2.05, 4.69) is 4.98 Å². The molecular weight excluding hydrogens is 356 g/mol. The Hall–Kier alpha value is -3.30. The highest BCUT2D eigenvalue weighted by atomic mass is 35.5. The van der Waals surface area contributed by atoms with Crippen molar-refractivity contribution in [3.05, 3.63) is 90.0 Å². The second-order valence-electron chi connectivity index (χ2n) is 6.33. The zero-order chi connectivity index (χ0) is 18.2. The first-order valence-corrected chi connectivity index (χ1v) is 9.06. The molecule has 2 heterocycles. The minimum absolute atomic E-state index is 0.700. The topological polar surface area (TPSA) is 41.8 Å². The summed E-state index contributed by atoms with van der Waals surface area (Å²) in [6.07, 6.45) is 0. The minimum atomic E-state index is 0.700. The Morgan fingerprint density at radius 3 is 2.30 bits per heavy atom. The molecule has 2 aromatic heterocycles. The van der Waals surface area contributed by atoms with Gasteiger partial charge in [0.25, 0.3) is 0 Å². The highest BCUT2D eigenvalue weighted by Gasteiger charge is 2.18. The zero-order valence-electron chi connectivity index (χ0n) is 14.3. The number of hydrogen-bond donors (Lipinski definition) is 1. The van der Waals surface area contributed by atoms with Crippen LogP contribution in [0.2, 0.25) is 5.02 Å². The minimum Gasteiger partial charge on any atom is -0.455 e. The number of H-pyrrole nitrogens is 1. The molecule has 0 spiro atoms. The third kappa shape index (κ3) is 2.92. The smallest absolute Gasteiger partial charge is 0.145 e.